The molecule has 0 aliphatic heterocycles. The molecule has 3 heterocycles. The second-order valence-corrected chi connectivity index (χ2v) is 4.20. The Hall–Kier alpha value is -3.15. The molecule has 6 nitrogen and oxygen atoms in total. The quantitative estimate of drug-likeness (QED) is 0.793. The minimum Gasteiger partial charge on any atom is -0.319 e. The Kier molecular flexibility index (Phi) is 3.60. The molecule has 0 fully saturated rings. The van der Waals surface area contributed by atoms with Crippen molar-refractivity contribution in [2.24, 2.45) is 0 Å². The summed E-state index contributed by atoms with van der Waals surface area (Å²) in [5.74, 6) is 0.282. The van der Waals surface area contributed by atoms with E-state index in [-0.39, 0.29) is 5.91 Å². The van der Waals surface area contributed by atoms with Gasteiger partial charge in [0.2, 0.25) is 0 Å². The zero-order chi connectivity index (χ0) is 14.5. The number of hydrogen-bond donors (Lipinski definition) is 1. The van der Waals surface area contributed by atoms with Gasteiger partial charge in [-0.05, 0) is 24.3 Å². The van der Waals surface area contributed by atoms with Crippen LogP contribution in [-0.4, -0.2) is 25.8 Å². The number of amides is 1. The Morgan fingerprint density at radius 3 is 2.33 bits per heavy atom. The van der Waals surface area contributed by atoms with Crippen LogP contribution in [0.25, 0.3) is 11.5 Å². The average Bonchev–Trinajstić information content (AvgIpc) is 2.57. The van der Waals surface area contributed by atoms with Crippen molar-refractivity contribution >= 4 is 11.6 Å². The second-order valence-electron chi connectivity index (χ2n) is 4.20. The van der Waals surface area contributed by atoms with E-state index >= 15 is 0 Å². The van der Waals surface area contributed by atoms with Crippen LogP contribution in [0.3, 0.4) is 0 Å². The highest BCUT2D eigenvalue weighted by molar-refractivity contribution is 6.03. The van der Waals surface area contributed by atoms with E-state index in [0.717, 1.165) is 0 Å². The normalized spacial score (nSPS) is 10.1. The van der Waals surface area contributed by atoms with Crippen LogP contribution in [0, 0.1) is 0 Å². The predicted octanol–water partition coefficient (Wildman–Crippen LogP) is 2.19. The van der Waals surface area contributed by atoms with Crippen LogP contribution < -0.4 is 5.32 Å². The Morgan fingerprint density at radius 2 is 1.67 bits per heavy atom. The zero-order valence-electron chi connectivity index (χ0n) is 11.0. The summed E-state index contributed by atoms with van der Waals surface area (Å²) in [6.45, 7) is 0. The molecule has 3 rings (SSSR count). The standard InChI is InChI=1S/C15H11N5O/c21-15(11-4-7-16-8-5-11)20-12-9-18-14(19-10-12)13-3-1-2-6-17-13/h1-10H,(H,20,21). The molecule has 102 valence electrons. The average molecular weight is 277 g/mol. The van der Waals surface area contributed by atoms with Crippen molar-refractivity contribution in [3.8, 4) is 11.5 Å². The molecule has 0 radical (unpaired) electrons. The first-order valence-corrected chi connectivity index (χ1v) is 6.28. The van der Waals surface area contributed by atoms with Crippen LogP contribution >= 0.6 is 0 Å². The fourth-order valence-corrected chi connectivity index (χ4v) is 1.73. The topological polar surface area (TPSA) is 80.7 Å². The highest BCUT2D eigenvalue weighted by atomic mass is 16.1. The monoisotopic (exact) mass is 277 g/mol. The molecule has 21 heavy (non-hydrogen) atoms. The molecule has 3 aromatic heterocycles. The number of carbonyl (C=O) groups excluding carboxylic acids is 1. The molecule has 1 N–H and O–H groups in total. The molecule has 3 aromatic rings. The molecule has 0 spiro atoms. The van der Waals surface area contributed by atoms with Crippen LogP contribution in [0.15, 0.2) is 61.3 Å². The lowest BCUT2D eigenvalue weighted by molar-refractivity contribution is 0.102. The Morgan fingerprint density at radius 1 is 0.905 bits per heavy atom. The van der Waals surface area contributed by atoms with E-state index < -0.39 is 0 Å². The number of nitrogens with zero attached hydrogens (tertiary/aromatic N) is 4. The lowest BCUT2D eigenvalue weighted by Gasteiger charge is -2.05. The minimum absolute atomic E-state index is 0.230. The van der Waals surface area contributed by atoms with Gasteiger partial charge in [0.1, 0.15) is 5.69 Å². The molecule has 0 aromatic carbocycles. The number of aromatic nitrogens is 4. The van der Waals surface area contributed by atoms with Gasteiger partial charge in [0.05, 0.1) is 18.1 Å². The SMILES string of the molecule is O=C(Nc1cnc(-c2ccccn2)nc1)c1ccncc1. The van der Waals surface area contributed by atoms with Gasteiger partial charge >= 0.3 is 0 Å². The summed E-state index contributed by atoms with van der Waals surface area (Å²) in [6, 6.07) is 8.79. The van der Waals surface area contributed by atoms with E-state index in [1.54, 1.807) is 43.1 Å². The number of pyridine rings is 2. The molecule has 0 aliphatic rings. The molecule has 0 atom stereocenters. The van der Waals surface area contributed by atoms with Crippen LogP contribution in [0.5, 0.6) is 0 Å². The van der Waals surface area contributed by atoms with Gasteiger partial charge < -0.3 is 5.32 Å². The van der Waals surface area contributed by atoms with Crippen molar-refractivity contribution in [1.82, 2.24) is 19.9 Å². The molecule has 0 saturated carbocycles. The molecule has 1 amide bonds. The largest absolute Gasteiger partial charge is 0.319 e. The number of carbonyl (C=O) groups is 1. The Labute approximate surface area is 121 Å². The molecule has 0 bridgehead atoms. The summed E-state index contributed by atoms with van der Waals surface area (Å²) in [5.41, 5.74) is 1.74. The summed E-state index contributed by atoms with van der Waals surface area (Å²) < 4.78 is 0. The zero-order valence-corrected chi connectivity index (χ0v) is 11.0. The third kappa shape index (κ3) is 3.06. The Balaban J connectivity index is 1.75. The van der Waals surface area contributed by atoms with E-state index in [1.807, 2.05) is 18.2 Å². The van der Waals surface area contributed by atoms with Crippen LogP contribution in [0.2, 0.25) is 0 Å². The van der Waals surface area contributed by atoms with Gasteiger partial charge in [0, 0.05) is 24.2 Å². The number of nitrogens with one attached hydrogen (secondary N) is 1. The number of anilines is 1. The lowest BCUT2D eigenvalue weighted by atomic mass is 10.2. The number of rotatable bonds is 3. The number of hydrogen-bond acceptors (Lipinski definition) is 5. The van der Waals surface area contributed by atoms with Crippen molar-refractivity contribution in [2.45, 2.75) is 0 Å². The first kappa shape index (κ1) is 12.9. The van der Waals surface area contributed by atoms with Gasteiger partial charge in [-0.2, -0.15) is 0 Å². The predicted molar refractivity (Wildman–Crippen MR) is 77.5 cm³/mol. The molecular formula is C15H11N5O. The fourth-order valence-electron chi connectivity index (χ4n) is 1.73. The maximum absolute atomic E-state index is 12.0. The van der Waals surface area contributed by atoms with Gasteiger partial charge in [-0.15, -0.1) is 0 Å². The summed E-state index contributed by atoms with van der Waals surface area (Å²) >= 11 is 0. The second kappa shape index (κ2) is 5.87. The first-order valence-electron chi connectivity index (χ1n) is 6.28. The molecule has 0 unspecified atom stereocenters. The highest BCUT2D eigenvalue weighted by Gasteiger charge is 2.07. The van der Waals surface area contributed by atoms with E-state index in [0.29, 0.717) is 22.8 Å². The minimum atomic E-state index is -0.230. The third-order valence-electron chi connectivity index (χ3n) is 2.75. The van der Waals surface area contributed by atoms with Gasteiger partial charge in [-0.3, -0.25) is 14.8 Å². The van der Waals surface area contributed by atoms with Crippen LogP contribution in [0.1, 0.15) is 10.4 Å². The van der Waals surface area contributed by atoms with Gasteiger partial charge in [0.25, 0.3) is 5.91 Å². The van der Waals surface area contributed by atoms with Crippen molar-refractivity contribution in [3.63, 3.8) is 0 Å². The highest BCUT2D eigenvalue weighted by Crippen LogP contribution is 2.12. The van der Waals surface area contributed by atoms with E-state index in [4.69, 9.17) is 0 Å². The fraction of sp³-hybridized carbons (Fsp3) is 0. The molecule has 0 saturated heterocycles. The Bertz CT molecular complexity index is 729. The van der Waals surface area contributed by atoms with Crippen molar-refractivity contribution in [1.29, 1.82) is 0 Å². The summed E-state index contributed by atoms with van der Waals surface area (Å²) in [7, 11) is 0. The van der Waals surface area contributed by atoms with Gasteiger partial charge in [-0.1, -0.05) is 6.07 Å². The van der Waals surface area contributed by atoms with E-state index in [1.165, 1.54) is 0 Å². The van der Waals surface area contributed by atoms with Crippen LogP contribution in [0.4, 0.5) is 5.69 Å². The smallest absolute Gasteiger partial charge is 0.255 e. The van der Waals surface area contributed by atoms with Crippen molar-refractivity contribution in [3.05, 3.63) is 66.9 Å². The van der Waals surface area contributed by atoms with Crippen LogP contribution in [-0.2, 0) is 0 Å². The van der Waals surface area contributed by atoms with Crippen molar-refractivity contribution < 1.29 is 4.79 Å². The van der Waals surface area contributed by atoms with Gasteiger partial charge in [0.15, 0.2) is 5.82 Å². The molecule has 0 aliphatic carbocycles. The lowest BCUT2D eigenvalue weighted by Crippen LogP contribution is -2.12. The van der Waals surface area contributed by atoms with E-state index in [2.05, 4.69) is 25.3 Å². The van der Waals surface area contributed by atoms with Crippen molar-refractivity contribution in [2.75, 3.05) is 5.32 Å². The van der Waals surface area contributed by atoms with Gasteiger partial charge in [-0.25, -0.2) is 9.97 Å². The maximum atomic E-state index is 12.0. The summed E-state index contributed by atoms with van der Waals surface area (Å²) in [6.07, 6.45) is 7.91. The summed E-state index contributed by atoms with van der Waals surface area (Å²) in [5, 5.41) is 2.72. The summed E-state index contributed by atoms with van der Waals surface area (Å²) in [4.78, 5) is 28.4. The van der Waals surface area contributed by atoms with E-state index in [9.17, 15) is 4.79 Å². The molecular weight excluding hydrogens is 266 g/mol. The maximum Gasteiger partial charge on any atom is 0.255 e. The molecule has 6 heteroatoms. The first-order chi connectivity index (χ1) is 10.3. The third-order valence-corrected chi connectivity index (χ3v) is 2.75.